The van der Waals surface area contributed by atoms with Gasteiger partial charge in [0.05, 0.1) is 20.2 Å². The number of aromatic nitrogens is 1. The van der Waals surface area contributed by atoms with Crippen LogP contribution < -0.4 is 11.1 Å². The summed E-state index contributed by atoms with van der Waals surface area (Å²) in [7, 11) is 0. The van der Waals surface area contributed by atoms with Crippen LogP contribution in [-0.2, 0) is 0 Å². The smallest absolute Gasteiger partial charge is 0.267 e. The van der Waals surface area contributed by atoms with Crippen LogP contribution in [0.25, 0.3) is 76.0 Å². The summed E-state index contributed by atoms with van der Waals surface area (Å²) in [6.45, 7) is 8.58. The van der Waals surface area contributed by atoms with E-state index in [0.29, 0.717) is 15.8 Å². The van der Waals surface area contributed by atoms with Gasteiger partial charge in [-0.2, -0.15) is 0 Å². The van der Waals surface area contributed by atoms with E-state index >= 15 is 0 Å². The molecule has 1 aromatic carbocycles. The van der Waals surface area contributed by atoms with Crippen molar-refractivity contribution in [2.75, 3.05) is 0 Å². The summed E-state index contributed by atoms with van der Waals surface area (Å²) in [5, 5.41) is 6.33. The molecule has 0 N–H and O–H groups in total. The Balaban J connectivity index is 1.39. The third-order valence-corrected chi connectivity index (χ3v) is 15.8. The fourth-order valence-corrected chi connectivity index (χ4v) is 13.7. The van der Waals surface area contributed by atoms with E-state index in [1.54, 1.807) is 22.7 Å². The molecule has 0 saturated heterocycles. The van der Waals surface area contributed by atoms with Crippen molar-refractivity contribution in [1.29, 1.82) is 0 Å². The van der Waals surface area contributed by atoms with Crippen LogP contribution in [-0.4, -0.2) is 4.57 Å². The van der Waals surface area contributed by atoms with Gasteiger partial charge >= 0.3 is 0 Å². The van der Waals surface area contributed by atoms with Gasteiger partial charge in [0.1, 0.15) is 5.00 Å². The van der Waals surface area contributed by atoms with E-state index in [9.17, 15) is 9.59 Å². The molecule has 0 unspecified atom stereocenters. The minimum Gasteiger partial charge on any atom is -0.268 e. The summed E-state index contributed by atoms with van der Waals surface area (Å²) in [6, 6.07) is 21.3. The molecular formula is C36H23NO2S7. The molecule has 0 amide bonds. The van der Waals surface area contributed by atoms with E-state index in [1.807, 2.05) is 81.9 Å². The highest BCUT2D eigenvalue weighted by Crippen LogP contribution is 2.53. The average molecular weight is 726 g/mol. The van der Waals surface area contributed by atoms with Crippen molar-refractivity contribution in [3.05, 3.63) is 106 Å². The number of thiophene rings is 7. The standard InChI is InChI=1S/C36H23NO2S7/c1-16-7-9-24(41-16)29-20-12-18(3)43-31(20)30(25-10-8-17(2)42-25)21-14-26(45-32(21)29)27-15-23-34(46-27)33-22(13-19(4)44-33)35(38)37(36(23)39)28-6-5-11-40-28/h5-15H,1-4H3. The molecule has 0 saturated carbocycles. The Morgan fingerprint density at radius 2 is 0.978 bits per heavy atom. The number of hydrogen-bond donors (Lipinski definition) is 0. The Hall–Kier alpha value is -3.22. The second-order valence-corrected chi connectivity index (χ2v) is 19.5. The minimum absolute atomic E-state index is 0.249. The summed E-state index contributed by atoms with van der Waals surface area (Å²) < 4.78 is 5.76. The van der Waals surface area contributed by atoms with Gasteiger partial charge in [-0.05, 0) is 93.7 Å². The van der Waals surface area contributed by atoms with Crippen LogP contribution in [0.5, 0.6) is 0 Å². The van der Waals surface area contributed by atoms with Crippen LogP contribution in [0.3, 0.4) is 0 Å². The first-order valence-electron chi connectivity index (χ1n) is 14.6. The topological polar surface area (TPSA) is 39.1 Å². The van der Waals surface area contributed by atoms with Crippen molar-refractivity contribution in [3.8, 4) is 35.6 Å². The van der Waals surface area contributed by atoms with Crippen molar-refractivity contribution in [1.82, 2.24) is 4.57 Å². The van der Waals surface area contributed by atoms with E-state index in [0.717, 1.165) is 24.0 Å². The Kier molecular flexibility index (Phi) is 6.70. The SMILES string of the molecule is Cc1ccc(-c2c3cc(-c4cc5c(=O)n(-c6cccs6)c(=O)c6cc(C)sc6c5s4)sc3c(-c3ccc(C)s3)c3cc(C)sc23)s1. The summed E-state index contributed by atoms with van der Waals surface area (Å²) >= 11 is 12.0. The first-order valence-corrected chi connectivity index (χ1v) is 20.3. The number of aryl methyl sites for hydroxylation is 4. The van der Waals surface area contributed by atoms with Crippen LogP contribution in [0.15, 0.2) is 75.6 Å². The molecule has 0 radical (unpaired) electrons. The van der Waals surface area contributed by atoms with Crippen molar-refractivity contribution >= 4 is 120 Å². The predicted molar refractivity (Wildman–Crippen MR) is 209 cm³/mol. The largest absolute Gasteiger partial charge is 0.268 e. The fraction of sp³-hybridized carbons (Fsp3) is 0.111. The van der Waals surface area contributed by atoms with E-state index < -0.39 is 0 Å². The van der Waals surface area contributed by atoms with Gasteiger partial charge in [0.25, 0.3) is 11.1 Å². The molecule has 0 aliphatic rings. The summed E-state index contributed by atoms with van der Waals surface area (Å²) in [4.78, 5) is 37.7. The van der Waals surface area contributed by atoms with Gasteiger partial charge in [-0.25, -0.2) is 4.57 Å². The Morgan fingerprint density at radius 1 is 0.478 bits per heavy atom. The van der Waals surface area contributed by atoms with Crippen molar-refractivity contribution in [2.45, 2.75) is 27.7 Å². The maximum absolute atomic E-state index is 14.2. The lowest BCUT2D eigenvalue weighted by atomic mass is 9.99. The van der Waals surface area contributed by atoms with Crippen LogP contribution in [0.2, 0.25) is 0 Å². The Morgan fingerprint density at radius 3 is 1.57 bits per heavy atom. The van der Waals surface area contributed by atoms with Gasteiger partial charge in [-0.1, -0.05) is 0 Å². The monoisotopic (exact) mass is 725 g/mol. The van der Waals surface area contributed by atoms with Gasteiger partial charge in [0, 0.05) is 70.3 Å². The highest BCUT2D eigenvalue weighted by Gasteiger charge is 2.24. The molecule has 0 spiro atoms. The molecule has 3 nitrogen and oxygen atoms in total. The number of benzene rings is 1. The molecule has 0 aliphatic heterocycles. The van der Waals surface area contributed by atoms with Gasteiger partial charge in [0.15, 0.2) is 0 Å². The zero-order valence-electron chi connectivity index (χ0n) is 25.0. The molecule has 9 rings (SSSR count). The molecule has 9 aromatic rings. The maximum atomic E-state index is 14.2. The zero-order chi connectivity index (χ0) is 31.4. The summed E-state index contributed by atoms with van der Waals surface area (Å²) in [5.74, 6) is 0. The lowest BCUT2D eigenvalue weighted by Gasteiger charge is -2.09. The first kappa shape index (κ1) is 29.0. The number of hydrogen-bond acceptors (Lipinski definition) is 9. The molecular weight excluding hydrogens is 703 g/mol. The molecule has 226 valence electrons. The second kappa shape index (κ2) is 10.6. The van der Waals surface area contributed by atoms with Crippen molar-refractivity contribution < 1.29 is 0 Å². The molecule has 46 heavy (non-hydrogen) atoms. The van der Waals surface area contributed by atoms with Crippen LogP contribution >= 0.6 is 79.4 Å². The number of rotatable bonds is 4. The van der Waals surface area contributed by atoms with Gasteiger partial charge in [0.2, 0.25) is 0 Å². The zero-order valence-corrected chi connectivity index (χ0v) is 30.7. The second-order valence-electron chi connectivity index (χ2n) is 11.4. The lowest BCUT2D eigenvalue weighted by Crippen LogP contribution is -2.27. The third-order valence-electron chi connectivity index (χ3n) is 8.18. The minimum atomic E-state index is -0.257. The molecule has 0 atom stereocenters. The van der Waals surface area contributed by atoms with Crippen molar-refractivity contribution in [3.63, 3.8) is 0 Å². The van der Waals surface area contributed by atoms with E-state index in [4.69, 9.17) is 0 Å². The quantitative estimate of drug-likeness (QED) is 0.181. The first-order chi connectivity index (χ1) is 22.2. The van der Waals surface area contributed by atoms with E-state index in [-0.39, 0.29) is 11.1 Å². The normalized spacial score (nSPS) is 12.1. The molecule has 0 aliphatic carbocycles. The summed E-state index contributed by atoms with van der Waals surface area (Å²) in [6.07, 6.45) is 0. The summed E-state index contributed by atoms with van der Waals surface area (Å²) in [5.41, 5.74) is 2.11. The highest BCUT2D eigenvalue weighted by atomic mass is 32.1. The lowest BCUT2D eigenvalue weighted by molar-refractivity contribution is 0.999. The third kappa shape index (κ3) is 4.35. The number of fused-ring (bicyclic) bond motifs is 5. The van der Waals surface area contributed by atoms with Gasteiger partial charge < -0.3 is 0 Å². The average Bonchev–Trinajstić information content (AvgIpc) is 3.85. The van der Waals surface area contributed by atoms with Gasteiger partial charge in [-0.15, -0.1) is 79.4 Å². The molecule has 10 heteroatoms. The fourth-order valence-electron chi connectivity index (χ4n) is 6.25. The Bertz CT molecular complexity index is 2700. The predicted octanol–water partition coefficient (Wildman–Crippen LogP) is 12.5. The van der Waals surface area contributed by atoms with Crippen LogP contribution in [0, 0.1) is 27.7 Å². The Labute approximate surface area is 291 Å². The highest BCUT2D eigenvalue weighted by molar-refractivity contribution is 7.32. The van der Waals surface area contributed by atoms with E-state index in [2.05, 4.69) is 57.2 Å². The maximum Gasteiger partial charge on any atom is 0.267 e. The van der Waals surface area contributed by atoms with Gasteiger partial charge in [-0.3, -0.25) is 9.59 Å². The molecule has 8 heterocycles. The van der Waals surface area contributed by atoms with Crippen molar-refractivity contribution in [2.24, 2.45) is 0 Å². The van der Waals surface area contributed by atoms with E-state index in [1.165, 1.54) is 71.6 Å². The molecule has 0 bridgehead atoms. The van der Waals surface area contributed by atoms with Crippen LogP contribution in [0.4, 0.5) is 0 Å². The molecule has 0 fully saturated rings. The van der Waals surface area contributed by atoms with Crippen LogP contribution in [0.1, 0.15) is 19.5 Å². The molecule has 8 aromatic heterocycles. The number of nitrogens with zero attached hydrogens (tertiary/aromatic N) is 1.